The highest BCUT2D eigenvalue weighted by Crippen LogP contribution is 2.35. The highest BCUT2D eigenvalue weighted by Gasteiger charge is 2.31. The molecule has 0 saturated heterocycles. The number of hydrogen-bond donors (Lipinski definition) is 2. The Morgan fingerprint density at radius 1 is 1.00 bits per heavy atom. The van der Waals surface area contributed by atoms with E-state index in [1.54, 1.807) is 36.4 Å². The molecule has 0 bridgehead atoms. The summed E-state index contributed by atoms with van der Waals surface area (Å²) in [7, 11) is -3.83. The zero-order valence-electron chi connectivity index (χ0n) is 18.4. The van der Waals surface area contributed by atoms with Gasteiger partial charge in [-0.3, -0.25) is 13.9 Å². The molecule has 0 aliphatic carbocycles. The van der Waals surface area contributed by atoms with E-state index in [2.05, 4.69) is 10.6 Å². The van der Waals surface area contributed by atoms with Gasteiger partial charge in [0.15, 0.2) is 11.5 Å². The Labute approximate surface area is 187 Å². The van der Waals surface area contributed by atoms with E-state index in [0.717, 1.165) is 10.6 Å². The molecule has 2 N–H and O–H groups in total. The summed E-state index contributed by atoms with van der Waals surface area (Å²) in [5, 5.41) is 5.47. The summed E-state index contributed by atoms with van der Waals surface area (Å²) >= 11 is 0. The van der Waals surface area contributed by atoms with Crippen molar-refractivity contribution in [3.63, 3.8) is 0 Å². The molecular formula is C22H27N3O6S. The molecule has 2 aromatic rings. The van der Waals surface area contributed by atoms with Crippen molar-refractivity contribution in [2.24, 2.45) is 0 Å². The Bertz CT molecular complexity index is 1120. The number of para-hydroxylation sites is 1. The van der Waals surface area contributed by atoms with Crippen LogP contribution in [0, 0.1) is 0 Å². The van der Waals surface area contributed by atoms with Gasteiger partial charge in [-0.05, 0) is 45.0 Å². The van der Waals surface area contributed by atoms with E-state index < -0.39 is 22.0 Å². The minimum atomic E-state index is -3.83. The molecule has 0 spiro atoms. The predicted octanol–water partition coefficient (Wildman–Crippen LogP) is 2.39. The third kappa shape index (κ3) is 5.31. The minimum Gasteiger partial charge on any atom is -0.486 e. The van der Waals surface area contributed by atoms with E-state index in [9.17, 15) is 18.0 Å². The van der Waals surface area contributed by atoms with E-state index in [1.807, 2.05) is 13.8 Å². The lowest BCUT2D eigenvalue weighted by atomic mass is 10.1. The molecule has 172 valence electrons. The summed E-state index contributed by atoms with van der Waals surface area (Å²) in [5.74, 6) is -0.00757. The van der Waals surface area contributed by atoms with Gasteiger partial charge in [-0.25, -0.2) is 8.42 Å². The fourth-order valence-electron chi connectivity index (χ4n) is 3.35. The van der Waals surface area contributed by atoms with Gasteiger partial charge in [0, 0.05) is 12.1 Å². The van der Waals surface area contributed by atoms with Crippen molar-refractivity contribution in [3.05, 3.63) is 48.0 Å². The van der Waals surface area contributed by atoms with Gasteiger partial charge in [-0.1, -0.05) is 12.1 Å². The topological polar surface area (TPSA) is 114 Å². The summed E-state index contributed by atoms with van der Waals surface area (Å²) in [4.78, 5) is 25.5. The number of nitrogens with zero attached hydrogens (tertiary/aromatic N) is 1. The molecular weight excluding hydrogens is 434 g/mol. The molecule has 1 aliphatic rings. The fourth-order valence-corrected chi connectivity index (χ4v) is 4.51. The van der Waals surface area contributed by atoms with E-state index >= 15 is 0 Å². The lowest BCUT2D eigenvalue weighted by Crippen LogP contribution is -2.45. The van der Waals surface area contributed by atoms with Crippen LogP contribution in [0.2, 0.25) is 0 Å². The van der Waals surface area contributed by atoms with Crippen LogP contribution in [0.4, 0.5) is 11.4 Å². The Balaban J connectivity index is 1.88. The molecule has 1 aliphatic heterocycles. The van der Waals surface area contributed by atoms with Crippen LogP contribution in [-0.4, -0.2) is 51.8 Å². The summed E-state index contributed by atoms with van der Waals surface area (Å²) in [6, 6.07) is 10.1. The summed E-state index contributed by atoms with van der Waals surface area (Å²) in [6.45, 7) is 5.90. The number of sulfonamides is 1. The monoisotopic (exact) mass is 461 g/mol. The predicted molar refractivity (Wildman–Crippen MR) is 122 cm³/mol. The smallest absolute Gasteiger partial charge is 0.253 e. The van der Waals surface area contributed by atoms with Crippen molar-refractivity contribution in [1.29, 1.82) is 0 Å². The second kappa shape index (κ2) is 9.47. The van der Waals surface area contributed by atoms with Crippen molar-refractivity contribution >= 4 is 33.2 Å². The van der Waals surface area contributed by atoms with Crippen LogP contribution in [-0.2, 0) is 14.8 Å². The van der Waals surface area contributed by atoms with Crippen molar-refractivity contribution in [3.8, 4) is 11.5 Å². The highest BCUT2D eigenvalue weighted by atomic mass is 32.2. The molecule has 9 nitrogen and oxygen atoms in total. The van der Waals surface area contributed by atoms with Crippen LogP contribution >= 0.6 is 0 Å². The molecule has 0 saturated carbocycles. The van der Waals surface area contributed by atoms with Crippen LogP contribution in [0.25, 0.3) is 0 Å². The van der Waals surface area contributed by atoms with Crippen molar-refractivity contribution in [1.82, 2.24) is 5.32 Å². The molecule has 2 amide bonds. The zero-order chi connectivity index (χ0) is 23.5. The maximum absolute atomic E-state index is 13.1. The SMILES string of the molecule is CC(C)NC(=O)c1ccccc1NC(=O)[C@@H](C)N(c1ccc2c(c1)OCCO2)S(C)(=O)=O. The van der Waals surface area contributed by atoms with Crippen LogP contribution in [0.3, 0.4) is 0 Å². The van der Waals surface area contributed by atoms with Crippen LogP contribution in [0.15, 0.2) is 42.5 Å². The second-order valence-corrected chi connectivity index (χ2v) is 9.59. The van der Waals surface area contributed by atoms with Gasteiger partial charge in [0.05, 0.1) is 23.2 Å². The maximum Gasteiger partial charge on any atom is 0.253 e. The van der Waals surface area contributed by atoms with Gasteiger partial charge in [0.2, 0.25) is 15.9 Å². The van der Waals surface area contributed by atoms with Gasteiger partial charge < -0.3 is 20.1 Å². The standard InChI is InChI=1S/C22H27N3O6S/c1-14(2)23-22(27)17-7-5-6-8-18(17)24-21(26)15(3)25(32(4,28)29)16-9-10-19-20(13-16)31-12-11-30-19/h5-10,13-15H,11-12H2,1-4H3,(H,23,27)(H,24,26)/t15-/m1/s1. The summed E-state index contributed by atoms with van der Waals surface area (Å²) in [6.07, 6.45) is 1.03. The maximum atomic E-state index is 13.1. The van der Waals surface area contributed by atoms with Gasteiger partial charge in [-0.2, -0.15) is 0 Å². The molecule has 3 rings (SSSR count). The fraction of sp³-hybridized carbons (Fsp3) is 0.364. The quantitative estimate of drug-likeness (QED) is 0.655. The molecule has 32 heavy (non-hydrogen) atoms. The number of rotatable bonds is 7. The van der Waals surface area contributed by atoms with E-state index in [0.29, 0.717) is 24.7 Å². The Morgan fingerprint density at radius 3 is 2.31 bits per heavy atom. The van der Waals surface area contributed by atoms with Crippen LogP contribution in [0.1, 0.15) is 31.1 Å². The van der Waals surface area contributed by atoms with Crippen LogP contribution in [0.5, 0.6) is 11.5 Å². The third-order valence-electron chi connectivity index (χ3n) is 4.72. The van der Waals surface area contributed by atoms with E-state index in [1.165, 1.54) is 13.0 Å². The number of nitrogens with one attached hydrogen (secondary N) is 2. The molecule has 0 fully saturated rings. The molecule has 0 aromatic heterocycles. The number of anilines is 2. The number of hydrogen-bond acceptors (Lipinski definition) is 6. The van der Waals surface area contributed by atoms with Gasteiger partial charge in [-0.15, -0.1) is 0 Å². The number of fused-ring (bicyclic) bond motifs is 1. The average molecular weight is 462 g/mol. The Hall–Kier alpha value is -3.27. The Morgan fingerprint density at radius 2 is 1.66 bits per heavy atom. The molecule has 1 atom stereocenters. The lowest BCUT2D eigenvalue weighted by molar-refractivity contribution is -0.116. The minimum absolute atomic E-state index is 0.0823. The third-order valence-corrected chi connectivity index (χ3v) is 5.96. The van der Waals surface area contributed by atoms with Crippen molar-refractivity contribution in [2.75, 3.05) is 29.1 Å². The highest BCUT2D eigenvalue weighted by molar-refractivity contribution is 7.92. The molecule has 10 heteroatoms. The van der Waals surface area contributed by atoms with Crippen LogP contribution < -0.4 is 24.4 Å². The molecule has 0 radical (unpaired) electrons. The number of benzene rings is 2. The number of carbonyl (C=O) groups is 2. The van der Waals surface area contributed by atoms with Gasteiger partial charge in [0.1, 0.15) is 19.3 Å². The number of ether oxygens (including phenoxy) is 2. The largest absolute Gasteiger partial charge is 0.486 e. The first kappa shape index (κ1) is 23.4. The molecule has 0 unspecified atom stereocenters. The summed E-state index contributed by atoms with van der Waals surface area (Å²) in [5.41, 5.74) is 0.843. The lowest BCUT2D eigenvalue weighted by Gasteiger charge is -2.29. The van der Waals surface area contributed by atoms with Crippen molar-refractivity contribution in [2.45, 2.75) is 32.9 Å². The first-order valence-corrected chi connectivity index (χ1v) is 12.0. The first-order chi connectivity index (χ1) is 15.1. The number of carbonyl (C=O) groups excluding carboxylic acids is 2. The normalized spacial score (nSPS) is 13.9. The average Bonchev–Trinajstić information content (AvgIpc) is 2.72. The molecule has 1 heterocycles. The number of amides is 2. The summed E-state index contributed by atoms with van der Waals surface area (Å²) < 4.78 is 37.2. The van der Waals surface area contributed by atoms with Crippen molar-refractivity contribution < 1.29 is 27.5 Å². The van der Waals surface area contributed by atoms with Gasteiger partial charge in [0.25, 0.3) is 5.91 Å². The first-order valence-electron chi connectivity index (χ1n) is 10.2. The zero-order valence-corrected chi connectivity index (χ0v) is 19.2. The molecule has 2 aromatic carbocycles. The van der Waals surface area contributed by atoms with E-state index in [4.69, 9.17) is 9.47 Å². The second-order valence-electron chi connectivity index (χ2n) is 7.73. The van der Waals surface area contributed by atoms with E-state index in [-0.39, 0.29) is 28.9 Å². The van der Waals surface area contributed by atoms with Gasteiger partial charge >= 0.3 is 0 Å². The Kier molecular flexibility index (Phi) is 6.93.